The van der Waals surface area contributed by atoms with Crippen LogP contribution in [0.15, 0.2) is 53.4 Å². The smallest absolute Gasteiger partial charge is 0.325 e. The number of sulfonamides is 1. The molecule has 178 valence electrons. The summed E-state index contributed by atoms with van der Waals surface area (Å²) in [5, 5.41) is 7.71. The maximum absolute atomic E-state index is 13.1. The summed E-state index contributed by atoms with van der Waals surface area (Å²) in [7, 11) is -3.65. The molecule has 0 aliphatic carbocycles. The van der Waals surface area contributed by atoms with E-state index in [0.29, 0.717) is 30.2 Å². The van der Waals surface area contributed by atoms with Gasteiger partial charge in [0.05, 0.1) is 23.2 Å². The van der Waals surface area contributed by atoms with Crippen LogP contribution in [-0.2, 0) is 14.8 Å². The van der Waals surface area contributed by atoms with Gasteiger partial charge in [-0.2, -0.15) is 4.31 Å². The largest absolute Gasteiger partial charge is 0.489 e. The molecular formula is C23H30N4O5S. The SMILES string of the molecule is CC(C)Oc1ccc(S(=O)(=O)N2CCCCC2)cc1NCC(=O)NC(=O)Nc1ccccc1. The number of carbonyl (C=O) groups is 2. The lowest BCUT2D eigenvalue weighted by Crippen LogP contribution is -2.38. The number of nitrogens with zero attached hydrogens (tertiary/aromatic N) is 1. The first-order valence-electron chi connectivity index (χ1n) is 11.0. The highest BCUT2D eigenvalue weighted by molar-refractivity contribution is 7.89. The first-order valence-corrected chi connectivity index (χ1v) is 12.4. The molecule has 0 spiro atoms. The number of piperidine rings is 1. The van der Waals surface area contributed by atoms with Gasteiger partial charge in [-0.15, -0.1) is 0 Å². The van der Waals surface area contributed by atoms with Crippen LogP contribution in [0.1, 0.15) is 33.1 Å². The van der Waals surface area contributed by atoms with Gasteiger partial charge in [-0.1, -0.05) is 24.6 Å². The summed E-state index contributed by atoms with van der Waals surface area (Å²) in [6.45, 7) is 4.44. The summed E-state index contributed by atoms with van der Waals surface area (Å²) < 4.78 is 33.4. The Bertz CT molecular complexity index is 1070. The fraction of sp³-hybridized carbons (Fsp3) is 0.391. The van der Waals surface area contributed by atoms with Gasteiger partial charge in [0.25, 0.3) is 0 Å². The molecule has 0 bridgehead atoms. The van der Waals surface area contributed by atoms with Crippen molar-refractivity contribution in [2.75, 3.05) is 30.3 Å². The molecule has 0 aromatic heterocycles. The van der Waals surface area contributed by atoms with Crippen LogP contribution in [0.2, 0.25) is 0 Å². The molecule has 1 aliphatic rings. The molecule has 10 heteroatoms. The van der Waals surface area contributed by atoms with Crippen molar-refractivity contribution in [3.05, 3.63) is 48.5 Å². The lowest BCUT2D eigenvalue weighted by atomic mass is 10.2. The number of rotatable bonds is 8. The second-order valence-corrected chi connectivity index (χ2v) is 9.95. The van der Waals surface area contributed by atoms with Crippen LogP contribution in [0.3, 0.4) is 0 Å². The zero-order valence-electron chi connectivity index (χ0n) is 18.8. The molecule has 33 heavy (non-hydrogen) atoms. The molecule has 0 saturated carbocycles. The van der Waals surface area contributed by atoms with E-state index in [4.69, 9.17) is 4.74 Å². The highest BCUT2D eigenvalue weighted by Crippen LogP contribution is 2.30. The number of amides is 3. The van der Waals surface area contributed by atoms with Gasteiger partial charge < -0.3 is 15.4 Å². The third-order valence-corrected chi connectivity index (χ3v) is 6.89. The van der Waals surface area contributed by atoms with Crippen molar-refractivity contribution in [1.82, 2.24) is 9.62 Å². The quantitative estimate of drug-likeness (QED) is 0.540. The van der Waals surface area contributed by atoms with E-state index in [1.54, 1.807) is 30.3 Å². The Hall–Kier alpha value is -3.11. The number of nitrogens with one attached hydrogen (secondary N) is 3. The van der Waals surface area contributed by atoms with Crippen molar-refractivity contribution in [3.8, 4) is 5.75 Å². The number of hydrogen-bond acceptors (Lipinski definition) is 6. The average Bonchev–Trinajstić information content (AvgIpc) is 2.79. The number of benzene rings is 2. The zero-order valence-corrected chi connectivity index (χ0v) is 19.7. The number of hydrogen-bond donors (Lipinski definition) is 3. The molecule has 1 heterocycles. The van der Waals surface area contributed by atoms with E-state index in [2.05, 4.69) is 16.0 Å². The van der Waals surface area contributed by atoms with Crippen molar-refractivity contribution in [3.63, 3.8) is 0 Å². The van der Waals surface area contributed by atoms with Gasteiger partial charge in [-0.05, 0) is 57.0 Å². The third-order valence-electron chi connectivity index (χ3n) is 4.99. The fourth-order valence-electron chi connectivity index (χ4n) is 3.45. The van der Waals surface area contributed by atoms with Crippen molar-refractivity contribution in [1.29, 1.82) is 0 Å². The molecule has 0 radical (unpaired) electrons. The van der Waals surface area contributed by atoms with Crippen LogP contribution in [0.5, 0.6) is 5.75 Å². The molecule has 0 atom stereocenters. The summed E-state index contributed by atoms with van der Waals surface area (Å²) >= 11 is 0. The zero-order chi connectivity index (χ0) is 23.8. The van der Waals surface area contributed by atoms with Gasteiger partial charge in [-0.3, -0.25) is 10.1 Å². The number of carbonyl (C=O) groups excluding carboxylic acids is 2. The lowest BCUT2D eigenvalue weighted by molar-refractivity contribution is -0.118. The Morgan fingerprint density at radius 1 is 1.03 bits per heavy atom. The van der Waals surface area contributed by atoms with Crippen LogP contribution in [0, 0.1) is 0 Å². The minimum absolute atomic E-state index is 0.130. The number of urea groups is 1. The standard InChI is InChI=1S/C23H30N4O5S/c1-17(2)32-21-12-11-19(33(30,31)27-13-7-4-8-14-27)15-20(21)24-16-22(28)26-23(29)25-18-9-5-3-6-10-18/h3,5-6,9-12,15,17,24H,4,7-8,13-14,16H2,1-2H3,(H2,25,26,28,29). The molecule has 2 aromatic rings. The van der Waals surface area contributed by atoms with Crippen LogP contribution >= 0.6 is 0 Å². The molecule has 1 aliphatic heterocycles. The van der Waals surface area contributed by atoms with Gasteiger partial charge in [0.15, 0.2) is 0 Å². The maximum atomic E-state index is 13.1. The monoisotopic (exact) mass is 474 g/mol. The summed E-state index contributed by atoms with van der Waals surface area (Å²) in [5.41, 5.74) is 0.916. The first kappa shape index (κ1) is 24.5. The van der Waals surface area contributed by atoms with Crippen molar-refractivity contribution < 1.29 is 22.7 Å². The van der Waals surface area contributed by atoms with E-state index in [0.717, 1.165) is 19.3 Å². The third kappa shape index (κ3) is 6.93. The van der Waals surface area contributed by atoms with E-state index >= 15 is 0 Å². The van der Waals surface area contributed by atoms with Crippen LogP contribution < -0.4 is 20.7 Å². The summed E-state index contributed by atoms with van der Waals surface area (Å²) in [4.78, 5) is 24.4. The van der Waals surface area contributed by atoms with Crippen molar-refractivity contribution in [2.24, 2.45) is 0 Å². The van der Waals surface area contributed by atoms with Gasteiger partial charge in [0, 0.05) is 18.8 Å². The first-order chi connectivity index (χ1) is 15.8. The van der Waals surface area contributed by atoms with E-state index in [9.17, 15) is 18.0 Å². The summed E-state index contributed by atoms with van der Waals surface area (Å²) in [6, 6.07) is 12.7. The highest BCUT2D eigenvalue weighted by atomic mass is 32.2. The second kappa shape index (κ2) is 11.2. The van der Waals surface area contributed by atoms with E-state index in [1.165, 1.54) is 16.4 Å². The van der Waals surface area contributed by atoms with Gasteiger partial charge in [0.2, 0.25) is 15.9 Å². The van der Waals surface area contributed by atoms with E-state index in [-0.39, 0.29) is 17.5 Å². The van der Waals surface area contributed by atoms with Crippen molar-refractivity contribution in [2.45, 2.75) is 44.1 Å². The Morgan fingerprint density at radius 2 is 1.73 bits per heavy atom. The summed E-state index contributed by atoms with van der Waals surface area (Å²) in [6.07, 6.45) is 2.54. The fourth-order valence-corrected chi connectivity index (χ4v) is 4.99. The molecule has 3 amide bonds. The predicted molar refractivity (Wildman–Crippen MR) is 127 cm³/mol. The van der Waals surface area contributed by atoms with Gasteiger partial charge in [-0.25, -0.2) is 13.2 Å². The molecule has 1 fully saturated rings. The van der Waals surface area contributed by atoms with Gasteiger partial charge >= 0.3 is 6.03 Å². The number of imide groups is 1. The van der Waals surface area contributed by atoms with E-state index < -0.39 is 22.0 Å². The molecule has 0 unspecified atom stereocenters. The molecule has 2 aromatic carbocycles. The summed E-state index contributed by atoms with van der Waals surface area (Å²) in [5.74, 6) is -0.160. The van der Waals surface area contributed by atoms with Crippen LogP contribution in [0.25, 0.3) is 0 Å². The molecule has 3 rings (SSSR count). The number of ether oxygens (including phenoxy) is 1. The molecule has 3 N–H and O–H groups in total. The predicted octanol–water partition coefficient (Wildman–Crippen LogP) is 3.41. The maximum Gasteiger partial charge on any atom is 0.325 e. The Labute approximate surface area is 194 Å². The Balaban J connectivity index is 1.69. The van der Waals surface area contributed by atoms with Crippen molar-refractivity contribution >= 4 is 33.3 Å². The normalized spacial score (nSPS) is 14.5. The Kier molecular flexibility index (Phi) is 8.29. The molecular weight excluding hydrogens is 444 g/mol. The molecule has 1 saturated heterocycles. The average molecular weight is 475 g/mol. The lowest BCUT2D eigenvalue weighted by Gasteiger charge is -2.26. The Morgan fingerprint density at radius 3 is 2.39 bits per heavy atom. The van der Waals surface area contributed by atoms with Crippen LogP contribution in [-0.4, -0.2) is 50.4 Å². The highest BCUT2D eigenvalue weighted by Gasteiger charge is 2.27. The van der Waals surface area contributed by atoms with Gasteiger partial charge in [0.1, 0.15) is 5.75 Å². The second-order valence-electron chi connectivity index (χ2n) is 8.01. The molecule has 9 nitrogen and oxygen atoms in total. The number of anilines is 2. The van der Waals surface area contributed by atoms with E-state index in [1.807, 2.05) is 19.9 Å². The minimum atomic E-state index is -3.65. The topological polar surface area (TPSA) is 117 Å². The number of para-hydroxylation sites is 1. The van der Waals surface area contributed by atoms with Crippen LogP contribution in [0.4, 0.5) is 16.2 Å². The minimum Gasteiger partial charge on any atom is -0.489 e.